The number of allylic oxidation sites excluding steroid dienone is 10. The van der Waals surface area contributed by atoms with Crippen LogP contribution < -0.4 is 22.2 Å². The monoisotopic (exact) mass is 492 g/mol. The molecule has 0 heterocycles. The van der Waals surface area contributed by atoms with E-state index in [9.17, 15) is 9.59 Å². The first-order chi connectivity index (χ1) is 17.4. The molecule has 3 rings (SSSR count). The van der Waals surface area contributed by atoms with Gasteiger partial charge in [-0.05, 0) is 62.6 Å². The standard InChI is InChI=1S/C28H40N6O2/c1-3-21(2)33(27(35)31-24-15-8-11-22(29)12-9-16-24)25-17-10-18-26(20-19-25)34(30)28(36)32-23-13-6-4-5-7-14-23/h8-12,15-19,21,23H,3-7,13-14,20,29-30H2,1-2H3,(H,31,35)(H,32,36)/t21-/m1/s1. The van der Waals surface area contributed by atoms with Crippen LogP contribution in [0, 0.1) is 0 Å². The maximum atomic E-state index is 13.3. The molecule has 36 heavy (non-hydrogen) atoms. The molecule has 8 heteroatoms. The average molecular weight is 493 g/mol. The van der Waals surface area contributed by atoms with Gasteiger partial charge in [0.2, 0.25) is 0 Å². The van der Waals surface area contributed by atoms with Crippen molar-refractivity contribution in [3.05, 3.63) is 83.5 Å². The summed E-state index contributed by atoms with van der Waals surface area (Å²) in [5, 5.41) is 7.26. The van der Waals surface area contributed by atoms with Crippen molar-refractivity contribution in [2.24, 2.45) is 11.6 Å². The van der Waals surface area contributed by atoms with E-state index < -0.39 is 0 Å². The first-order valence-electron chi connectivity index (χ1n) is 12.9. The van der Waals surface area contributed by atoms with E-state index in [1.165, 1.54) is 17.9 Å². The molecule has 8 nitrogen and oxygen atoms in total. The smallest absolute Gasteiger partial charge is 0.336 e. The molecule has 0 bridgehead atoms. The fraction of sp³-hybridized carbons (Fsp3) is 0.429. The van der Waals surface area contributed by atoms with Gasteiger partial charge in [-0.2, -0.15) is 0 Å². The Morgan fingerprint density at radius 1 is 1.00 bits per heavy atom. The molecule has 0 unspecified atom stereocenters. The molecule has 0 aromatic rings. The van der Waals surface area contributed by atoms with Gasteiger partial charge in [-0.1, -0.05) is 56.9 Å². The van der Waals surface area contributed by atoms with Crippen LogP contribution in [0.15, 0.2) is 83.5 Å². The number of hydrogen-bond acceptors (Lipinski definition) is 4. The summed E-state index contributed by atoms with van der Waals surface area (Å²) in [6.07, 6.45) is 26.1. The molecule has 0 aromatic heterocycles. The highest BCUT2D eigenvalue weighted by Gasteiger charge is 2.24. The molecule has 3 aliphatic carbocycles. The average Bonchev–Trinajstić information content (AvgIpc) is 3.25. The lowest BCUT2D eigenvalue weighted by Gasteiger charge is -2.30. The topological polar surface area (TPSA) is 117 Å². The van der Waals surface area contributed by atoms with E-state index in [-0.39, 0.29) is 24.1 Å². The SMILES string of the molecule is CC[C@@H](C)N(C(=O)NC1=CC=CC(N)=CC=C1)C1=CCC(N(N)C(=O)NC2CCCCCC2)=CC=C1. The number of carbonyl (C=O) groups excluding carboxylic acids is 2. The molecule has 1 fully saturated rings. The number of hydrazine groups is 1. The number of nitrogens with zero attached hydrogens (tertiary/aromatic N) is 2. The second kappa shape index (κ2) is 13.5. The Morgan fingerprint density at radius 2 is 1.69 bits per heavy atom. The Labute approximate surface area is 214 Å². The number of hydrogen-bond donors (Lipinski definition) is 4. The zero-order chi connectivity index (χ0) is 25.9. The summed E-state index contributed by atoms with van der Waals surface area (Å²) < 4.78 is 0. The fourth-order valence-corrected chi connectivity index (χ4v) is 4.42. The van der Waals surface area contributed by atoms with Crippen molar-refractivity contribution in [1.82, 2.24) is 20.5 Å². The summed E-state index contributed by atoms with van der Waals surface area (Å²) in [6.45, 7) is 4.05. The molecule has 0 spiro atoms. The lowest BCUT2D eigenvalue weighted by Crippen LogP contribution is -2.47. The largest absolute Gasteiger partial charge is 0.399 e. The van der Waals surface area contributed by atoms with Gasteiger partial charge in [0, 0.05) is 41.3 Å². The van der Waals surface area contributed by atoms with E-state index in [0.717, 1.165) is 37.8 Å². The van der Waals surface area contributed by atoms with Crippen LogP contribution in [-0.2, 0) is 0 Å². The van der Waals surface area contributed by atoms with Crippen LogP contribution in [0.25, 0.3) is 0 Å². The fourth-order valence-electron chi connectivity index (χ4n) is 4.42. The highest BCUT2D eigenvalue weighted by Crippen LogP contribution is 2.22. The van der Waals surface area contributed by atoms with Gasteiger partial charge in [-0.15, -0.1) is 0 Å². The van der Waals surface area contributed by atoms with Crippen LogP contribution >= 0.6 is 0 Å². The molecular weight excluding hydrogens is 452 g/mol. The third-order valence-corrected chi connectivity index (χ3v) is 6.70. The van der Waals surface area contributed by atoms with Gasteiger partial charge in [0.05, 0.1) is 0 Å². The van der Waals surface area contributed by atoms with Crippen molar-refractivity contribution in [1.29, 1.82) is 0 Å². The van der Waals surface area contributed by atoms with Gasteiger partial charge in [-0.3, -0.25) is 4.90 Å². The van der Waals surface area contributed by atoms with Crippen molar-refractivity contribution < 1.29 is 9.59 Å². The highest BCUT2D eigenvalue weighted by molar-refractivity contribution is 5.80. The van der Waals surface area contributed by atoms with Gasteiger partial charge >= 0.3 is 12.1 Å². The second-order valence-corrected chi connectivity index (χ2v) is 9.42. The molecule has 0 radical (unpaired) electrons. The summed E-state index contributed by atoms with van der Waals surface area (Å²) >= 11 is 0. The predicted molar refractivity (Wildman–Crippen MR) is 145 cm³/mol. The van der Waals surface area contributed by atoms with Crippen LogP contribution in [0.5, 0.6) is 0 Å². The minimum atomic E-state index is -0.291. The van der Waals surface area contributed by atoms with Gasteiger partial charge in [0.15, 0.2) is 0 Å². The van der Waals surface area contributed by atoms with Gasteiger partial charge in [-0.25, -0.2) is 20.4 Å². The summed E-state index contributed by atoms with van der Waals surface area (Å²) in [7, 11) is 0. The number of nitrogens with one attached hydrogen (secondary N) is 2. The number of amides is 4. The van der Waals surface area contributed by atoms with Crippen molar-refractivity contribution in [3.8, 4) is 0 Å². The van der Waals surface area contributed by atoms with Crippen LogP contribution in [0.2, 0.25) is 0 Å². The predicted octanol–water partition coefficient (Wildman–Crippen LogP) is 4.98. The van der Waals surface area contributed by atoms with Crippen molar-refractivity contribution >= 4 is 12.1 Å². The van der Waals surface area contributed by atoms with Gasteiger partial charge in [0.25, 0.3) is 0 Å². The maximum absolute atomic E-state index is 13.3. The summed E-state index contributed by atoms with van der Waals surface area (Å²) in [6, 6.07) is -0.400. The summed E-state index contributed by atoms with van der Waals surface area (Å²) in [4.78, 5) is 27.9. The number of urea groups is 2. The van der Waals surface area contributed by atoms with Crippen LogP contribution in [0.3, 0.4) is 0 Å². The lowest BCUT2D eigenvalue weighted by atomic mass is 10.1. The molecule has 1 atom stereocenters. The van der Waals surface area contributed by atoms with E-state index >= 15 is 0 Å². The quantitative estimate of drug-likeness (QED) is 0.181. The van der Waals surface area contributed by atoms with Gasteiger partial charge in [0.1, 0.15) is 0 Å². The minimum Gasteiger partial charge on any atom is -0.399 e. The zero-order valence-corrected chi connectivity index (χ0v) is 21.5. The molecule has 0 saturated heterocycles. The molecule has 6 N–H and O–H groups in total. The Morgan fingerprint density at radius 3 is 2.42 bits per heavy atom. The number of nitrogens with two attached hydrogens (primary N) is 2. The normalized spacial score (nSPS) is 19.3. The first kappa shape index (κ1) is 27.1. The van der Waals surface area contributed by atoms with Crippen LogP contribution in [-0.4, -0.2) is 34.1 Å². The lowest BCUT2D eigenvalue weighted by molar-refractivity contribution is 0.200. The first-order valence-corrected chi connectivity index (χ1v) is 12.9. The molecule has 194 valence electrons. The van der Waals surface area contributed by atoms with Crippen LogP contribution in [0.1, 0.15) is 65.2 Å². The molecule has 1 saturated carbocycles. The Balaban J connectivity index is 1.68. The molecule has 4 amide bonds. The molecular formula is C28H40N6O2. The van der Waals surface area contributed by atoms with Crippen molar-refractivity contribution in [2.45, 2.75) is 77.3 Å². The van der Waals surface area contributed by atoms with Crippen molar-refractivity contribution in [3.63, 3.8) is 0 Å². The third-order valence-electron chi connectivity index (χ3n) is 6.70. The highest BCUT2D eigenvalue weighted by atomic mass is 16.2. The summed E-state index contributed by atoms with van der Waals surface area (Å²) in [5.41, 5.74) is 8.53. The summed E-state index contributed by atoms with van der Waals surface area (Å²) in [5.74, 6) is 6.21. The number of carbonyl (C=O) groups is 2. The zero-order valence-electron chi connectivity index (χ0n) is 21.5. The van der Waals surface area contributed by atoms with E-state index in [1.54, 1.807) is 41.4 Å². The van der Waals surface area contributed by atoms with E-state index in [4.69, 9.17) is 11.6 Å². The number of rotatable bonds is 6. The molecule has 0 aromatic carbocycles. The third kappa shape index (κ3) is 7.75. The van der Waals surface area contributed by atoms with Gasteiger partial charge < -0.3 is 16.4 Å². The molecule has 3 aliphatic rings. The van der Waals surface area contributed by atoms with Crippen LogP contribution in [0.4, 0.5) is 9.59 Å². The molecule has 0 aliphatic heterocycles. The Bertz CT molecular complexity index is 1010. The Hall–Kier alpha value is -3.52. The van der Waals surface area contributed by atoms with E-state index in [2.05, 4.69) is 10.6 Å². The second-order valence-electron chi connectivity index (χ2n) is 9.42. The van der Waals surface area contributed by atoms with Crippen molar-refractivity contribution in [2.75, 3.05) is 0 Å². The van der Waals surface area contributed by atoms with E-state index in [0.29, 0.717) is 23.5 Å². The van der Waals surface area contributed by atoms with E-state index in [1.807, 2.05) is 38.2 Å². The maximum Gasteiger partial charge on any atom is 0.336 e. The Kier molecular flexibility index (Phi) is 10.2. The minimum absolute atomic E-state index is 0.0424.